The Balaban J connectivity index is 0. The molecule has 0 radical (unpaired) electrons. The van der Waals surface area contributed by atoms with Crippen molar-refractivity contribution in [1.82, 2.24) is 0 Å². The summed E-state index contributed by atoms with van der Waals surface area (Å²) in [5.74, 6) is 0. The van der Waals surface area contributed by atoms with Gasteiger partial charge in [0, 0.05) is 0 Å². The third-order valence-electron chi connectivity index (χ3n) is 1.13. The molecule has 0 rings (SSSR count). The predicted molar refractivity (Wildman–Crippen MR) is 52.9 cm³/mol. The van der Waals surface area contributed by atoms with E-state index in [2.05, 4.69) is 13.2 Å². The van der Waals surface area contributed by atoms with Gasteiger partial charge in [-0.05, 0) is 12.8 Å². The molecule has 0 aromatic heterocycles. The Morgan fingerprint density at radius 1 is 1.42 bits per heavy atom. The van der Waals surface area contributed by atoms with E-state index in [9.17, 15) is 4.57 Å². The van der Waals surface area contributed by atoms with E-state index in [0.29, 0.717) is 12.8 Å². The second kappa shape index (κ2) is 9.32. The van der Waals surface area contributed by atoms with Crippen molar-refractivity contribution in [2.45, 2.75) is 18.9 Å². The molecule has 0 bridgehead atoms. The minimum absolute atomic E-state index is 0. The van der Waals surface area contributed by atoms with Crippen LogP contribution in [0.4, 0.5) is 0 Å². The van der Waals surface area contributed by atoms with E-state index in [1.54, 1.807) is 12.2 Å². The maximum absolute atomic E-state index is 10.3. The molecule has 0 aliphatic rings. The molecule has 0 amide bonds. The fourth-order valence-corrected chi connectivity index (χ4v) is 1.18. The van der Waals surface area contributed by atoms with E-state index in [-0.39, 0.29) is 25.0 Å². The van der Waals surface area contributed by atoms with Crippen LogP contribution in [0.1, 0.15) is 12.8 Å². The van der Waals surface area contributed by atoms with E-state index >= 15 is 0 Å². The molecule has 0 fully saturated rings. The number of hydrogen-bond acceptors (Lipinski definition) is 2. The molecule has 0 saturated carbocycles. The Labute approximate surface area is 85.6 Å². The molecule has 0 aliphatic carbocycles. The van der Waals surface area contributed by atoms with Crippen molar-refractivity contribution < 1.29 is 14.0 Å². The number of rotatable bonds is 6. The monoisotopic (exact) mass is 184 g/mol. The summed E-state index contributed by atoms with van der Waals surface area (Å²) >= 11 is 0. The molecular weight excluding hydrogens is 170 g/mol. The van der Waals surface area contributed by atoms with Crippen LogP contribution in [0.25, 0.3) is 0 Å². The molecule has 1 atom stereocenters. The molecule has 12 heavy (non-hydrogen) atoms. The summed E-state index contributed by atoms with van der Waals surface area (Å²) in [5, 5.41) is 0. The van der Waals surface area contributed by atoms with Gasteiger partial charge in [0.25, 0.3) is 0 Å². The average molecular weight is 184 g/mol. The van der Waals surface area contributed by atoms with E-state index in [1.165, 1.54) is 0 Å². The Kier molecular flexibility index (Phi) is 11.4. The molecule has 1 unspecified atom stereocenters. The van der Waals surface area contributed by atoms with Gasteiger partial charge in [0.05, 0.1) is 6.10 Å². The number of hydrogen-bond donors (Lipinski definition) is 1. The van der Waals surface area contributed by atoms with Crippen LogP contribution >= 0.6 is 8.25 Å². The Hall–Kier alpha value is 0.227. The van der Waals surface area contributed by atoms with Crippen LogP contribution in [0.15, 0.2) is 25.3 Å². The molecule has 3 nitrogen and oxygen atoms in total. The normalized spacial score (nSPS) is 11.8. The van der Waals surface area contributed by atoms with Crippen LogP contribution in [0.3, 0.4) is 0 Å². The third-order valence-corrected chi connectivity index (χ3v) is 1.66. The molecule has 0 aromatic carbocycles. The Bertz CT molecular complexity index is 151. The summed E-state index contributed by atoms with van der Waals surface area (Å²) in [6.45, 7) is 7.01. The van der Waals surface area contributed by atoms with Gasteiger partial charge in [0.1, 0.15) is 0 Å². The van der Waals surface area contributed by atoms with Crippen LogP contribution in [-0.4, -0.2) is 29.9 Å². The SMILES string of the molecule is C=CCC(CC=C)O[PH](=O)O.[LiH]. The van der Waals surface area contributed by atoms with Gasteiger partial charge in [-0.15, -0.1) is 13.2 Å². The molecule has 1 N–H and O–H groups in total. The molecule has 0 aromatic rings. The van der Waals surface area contributed by atoms with Crippen LogP contribution in [-0.2, 0) is 9.09 Å². The van der Waals surface area contributed by atoms with E-state index < -0.39 is 8.25 Å². The quantitative estimate of drug-likeness (QED) is 0.384. The van der Waals surface area contributed by atoms with Gasteiger partial charge in [-0.3, -0.25) is 4.57 Å². The summed E-state index contributed by atoms with van der Waals surface area (Å²) < 4.78 is 14.9. The topological polar surface area (TPSA) is 46.5 Å². The Morgan fingerprint density at radius 3 is 2.08 bits per heavy atom. The van der Waals surface area contributed by atoms with Gasteiger partial charge < -0.3 is 9.42 Å². The van der Waals surface area contributed by atoms with Crippen molar-refractivity contribution in [2.75, 3.05) is 0 Å². The fourth-order valence-electron chi connectivity index (χ4n) is 0.707. The summed E-state index contributed by atoms with van der Waals surface area (Å²) in [4.78, 5) is 8.43. The van der Waals surface area contributed by atoms with Gasteiger partial charge in [-0.25, -0.2) is 0 Å². The van der Waals surface area contributed by atoms with Crippen LogP contribution in [0.5, 0.6) is 0 Å². The van der Waals surface area contributed by atoms with Gasteiger partial charge in [0.15, 0.2) is 0 Å². The molecule has 0 saturated heterocycles. The first-order valence-electron chi connectivity index (χ1n) is 3.32. The molecular formula is C7H14LiO3P. The van der Waals surface area contributed by atoms with Crippen LogP contribution in [0.2, 0.25) is 0 Å². The summed E-state index contributed by atoms with van der Waals surface area (Å²) in [7, 11) is -2.82. The minimum atomic E-state index is -2.82. The zero-order valence-electron chi connectivity index (χ0n) is 6.32. The molecule has 0 aliphatic heterocycles. The molecule has 0 spiro atoms. The predicted octanol–water partition coefficient (Wildman–Crippen LogP) is 1.26. The van der Waals surface area contributed by atoms with Crippen molar-refractivity contribution in [3.8, 4) is 0 Å². The third kappa shape index (κ3) is 8.33. The van der Waals surface area contributed by atoms with Crippen molar-refractivity contribution in [2.24, 2.45) is 0 Å². The van der Waals surface area contributed by atoms with Crippen LogP contribution < -0.4 is 0 Å². The molecule has 66 valence electrons. The van der Waals surface area contributed by atoms with E-state index in [4.69, 9.17) is 9.42 Å². The van der Waals surface area contributed by atoms with Crippen molar-refractivity contribution in [3.63, 3.8) is 0 Å². The van der Waals surface area contributed by atoms with Crippen molar-refractivity contribution in [3.05, 3.63) is 25.3 Å². The first-order valence-corrected chi connectivity index (χ1v) is 4.58. The maximum atomic E-state index is 10.3. The summed E-state index contributed by atoms with van der Waals surface area (Å²) in [5.41, 5.74) is 0. The second-order valence-electron chi connectivity index (χ2n) is 2.05. The standard InChI is InChI=1S/C7H13O3P.Li.H/c1-3-5-7(6-4-2)10-11(8)9;;/h3-4,7,11H,1-2,5-6H2,(H,8,9);;. The summed E-state index contributed by atoms with van der Waals surface area (Å²) in [6, 6.07) is 0. The first kappa shape index (κ1) is 14.7. The Morgan fingerprint density at radius 2 is 1.83 bits per heavy atom. The zero-order valence-corrected chi connectivity index (χ0v) is 7.32. The average Bonchev–Trinajstić information content (AvgIpc) is 1.87. The molecule has 0 heterocycles. The van der Waals surface area contributed by atoms with Gasteiger partial charge in [-0.1, -0.05) is 12.2 Å². The van der Waals surface area contributed by atoms with Gasteiger partial charge in [-0.2, -0.15) is 0 Å². The van der Waals surface area contributed by atoms with E-state index in [0.717, 1.165) is 0 Å². The first-order chi connectivity index (χ1) is 5.20. The second-order valence-corrected chi connectivity index (χ2v) is 2.82. The molecule has 5 heteroatoms. The fraction of sp³-hybridized carbons (Fsp3) is 0.429. The van der Waals surface area contributed by atoms with Gasteiger partial charge in [0.2, 0.25) is 0 Å². The van der Waals surface area contributed by atoms with Crippen molar-refractivity contribution >= 4 is 27.1 Å². The van der Waals surface area contributed by atoms with Crippen LogP contribution in [0, 0.1) is 0 Å². The zero-order chi connectivity index (χ0) is 8.69. The van der Waals surface area contributed by atoms with E-state index in [1.807, 2.05) is 0 Å². The van der Waals surface area contributed by atoms with Crippen molar-refractivity contribution in [1.29, 1.82) is 0 Å². The summed E-state index contributed by atoms with van der Waals surface area (Å²) in [6.07, 6.45) is 4.20. The van der Waals surface area contributed by atoms with Gasteiger partial charge >= 0.3 is 27.1 Å².